The van der Waals surface area contributed by atoms with Crippen molar-refractivity contribution in [3.63, 3.8) is 0 Å². The van der Waals surface area contributed by atoms with Gasteiger partial charge in [-0.25, -0.2) is 9.97 Å². The molecule has 1 aliphatic heterocycles. The lowest BCUT2D eigenvalue weighted by Crippen LogP contribution is -2.45. The molecule has 3 N–H and O–H groups in total. The summed E-state index contributed by atoms with van der Waals surface area (Å²) in [4.78, 5) is 23.3. The van der Waals surface area contributed by atoms with E-state index in [0.717, 1.165) is 23.4 Å². The summed E-state index contributed by atoms with van der Waals surface area (Å²) in [6, 6.07) is 3.42. The molecule has 7 nitrogen and oxygen atoms in total. The van der Waals surface area contributed by atoms with Crippen LogP contribution in [0.5, 0.6) is 0 Å². The Morgan fingerprint density at radius 1 is 1.25 bits per heavy atom. The number of benzene rings is 1. The Hall–Kier alpha value is -2.59. The maximum absolute atomic E-state index is 13.1. The number of alkyl halides is 3. The third-order valence-corrected chi connectivity index (χ3v) is 5.89. The number of aromatic nitrogens is 2. The minimum absolute atomic E-state index is 0.0237. The lowest BCUT2D eigenvalue weighted by Gasteiger charge is -2.32. The van der Waals surface area contributed by atoms with E-state index in [-0.39, 0.29) is 29.3 Å². The minimum atomic E-state index is -4.49. The van der Waals surface area contributed by atoms with Crippen LogP contribution in [-0.2, 0) is 35.1 Å². The standard InChI is InChI=1S/C21H23ClF3N5O2/c22-20-28-17-2-1-13(19(31)30-3-5-32-6-4-30)9-16(17)18(29-20)27-11-12-7-14(21(23,24)25)10-15(26)8-12/h7-8,10,13H,1-6,9,11,26H2,(H,27,28,29). The third-order valence-electron chi connectivity index (χ3n) is 5.72. The highest BCUT2D eigenvalue weighted by atomic mass is 35.5. The maximum atomic E-state index is 13.1. The monoisotopic (exact) mass is 469 g/mol. The Bertz CT molecular complexity index is 1010. The highest BCUT2D eigenvalue weighted by molar-refractivity contribution is 6.28. The molecule has 0 bridgehead atoms. The Morgan fingerprint density at radius 2 is 2.00 bits per heavy atom. The van der Waals surface area contributed by atoms with Crippen LogP contribution in [0.25, 0.3) is 0 Å². The maximum Gasteiger partial charge on any atom is 0.416 e. The predicted octanol–water partition coefficient (Wildman–Crippen LogP) is 3.31. The first-order chi connectivity index (χ1) is 15.2. The van der Waals surface area contributed by atoms with E-state index in [2.05, 4.69) is 15.3 Å². The van der Waals surface area contributed by atoms with E-state index < -0.39 is 11.7 Å². The predicted molar refractivity (Wildman–Crippen MR) is 113 cm³/mol. The number of nitrogens with zero attached hydrogens (tertiary/aromatic N) is 3. The van der Waals surface area contributed by atoms with Crippen LogP contribution in [0, 0.1) is 5.92 Å². The normalized spacial score (nSPS) is 18.9. The smallest absolute Gasteiger partial charge is 0.399 e. The number of nitrogen functional groups attached to an aromatic ring is 1. The van der Waals surface area contributed by atoms with Crippen molar-refractivity contribution in [2.75, 3.05) is 37.4 Å². The van der Waals surface area contributed by atoms with Crippen LogP contribution < -0.4 is 11.1 Å². The van der Waals surface area contributed by atoms with Crippen LogP contribution >= 0.6 is 11.6 Å². The van der Waals surface area contributed by atoms with Crippen molar-refractivity contribution in [3.8, 4) is 0 Å². The minimum Gasteiger partial charge on any atom is -0.399 e. The molecule has 172 valence electrons. The Balaban J connectivity index is 1.53. The lowest BCUT2D eigenvalue weighted by atomic mass is 9.85. The number of aryl methyl sites for hydroxylation is 1. The van der Waals surface area contributed by atoms with Gasteiger partial charge in [0.05, 0.1) is 24.5 Å². The van der Waals surface area contributed by atoms with E-state index in [9.17, 15) is 18.0 Å². The van der Waals surface area contributed by atoms with E-state index >= 15 is 0 Å². The number of ether oxygens (including phenoxy) is 1. The zero-order valence-corrected chi connectivity index (χ0v) is 18.0. The summed E-state index contributed by atoms with van der Waals surface area (Å²) in [7, 11) is 0. The molecule has 1 unspecified atom stereocenters. The molecule has 2 heterocycles. The van der Waals surface area contributed by atoms with Crippen molar-refractivity contribution in [3.05, 3.63) is 45.9 Å². The van der Waals surface area contributed by atoms with Crippen LogP contribution in [0.4, 0.5) is 24.7 Å². The second-order valence-electron chi connectivity index (χ2n) is 7.96. The fraction of sp³-hybridized carbons (Fsp3) is 0.476. The van der Waals surface area contributed by atoms with Gasteiger partial charge >= 0.3 is 6.18 Å². The number of rotatable bonds is 4. The molecule has 1 atom stereocenters. The van der Waals surface area contributed by atoms with Gasteiger partial charge in [0.15, 0.2) is 0 Å². The molecule has 0 radical (unpaired) electrons. The van der Waals surface area contributed by atoms with E-state index in [1.165, 1.54) is 6.07 Å². The third kappa shape index (κ3) is 5.07. The second kappa shape index (κ2) is 9.11. The van der Waals surface area contributed by atoms with E-state index in [4.69, 9.17) is 22.1 Å². The highest BCUT2D eigenvalue weighted by Gasteiger charge is 2.33. The number of amides is 1. The van der Waals surface area contributed by atoms with E-state index in [1.54, 1.807) is 0 Å². The molecule has 32 heavy (non-hydrogen) atoms. The van der Waals surface area contributed by atoms with Gasteiger partial charge in [0.2, 0.25) is 11.2 Å². The number of fused-ring (bicyclic) bond motifs is 1. The van der Waals surface area contributed by atoms with Crippen LogP contribution in [0.2, 0.25) is 5.28 Å². The average molecular weight is 470 g/mol. The van der Waals surface area contributed by atoms with Crippen molar-refractivity contribution in [1.82, 2.24) is 14.9 Å². The molecule has 2 aliphatic rings. The fourth-order valence-corrected chi connectivity index (χ4v) is 4.34. The quantitative estimate of drug-likeness (QED) is 0.527. The summed E-state index contributed by atoms with van der Waals surface area (Å²) in [6.45, 7) is 2.26. The number of carbonyl (C=O) groups excluding carboxylic acids is 1. The zero-order chi connectivity index (χ0) is 22.9. The van der Waals surface area contributed by atoms with Gasteiger partial charge in [0, 0.05) is 36.8 Å². The molecule has 1 saturated heterocycles. The molecule has 4 rings (SSSR count). The van der Waals surface area contributed by atoms with Crippen molar-refractivity contribution < 1.29 is 22.7 Å². The lowest BCUT2D eigenvalue weighted by molar-refractivity contribution is -0.140. The highest BCUT2D eigenvalue weighted by Crippen LogP contribution is 2.33. The van der Waals surface area contributed by atoms with E-state index in [0.29, 0.717) is 56.9 Å². The first-order valence-electron chi connectivity index (χ1n) is 10.3. The number of nitrogens with one attached hydrogen (secondary N) is 1. The SMILES string of the molecule is Nc1cc(CNc2nc(Cl)nc3c2CC(C(=O)N2CCOCC2)CC3)cc(C(F)(F)F)c1. The van der Waals surface area contributed by atoms with Crippen molar-refractivity contribution in [1.29, 1.82) is 0 Å². The summed E-state index contributed by atoms with van der Waals surface area (Å²) in [5.74, 6) is 0.288. The zero-order valence-electron chi connectivity index (χ0n) is 17.2. The molecule has 1 aromatic heterocycles. The molecular formula is C21H23ClF3N5O2. The molecule has 2 aromatic rings. The number of halogens is 4. The summed E-state index contributed by atoms with van der Waals surface area (Å²) < 4.78 is 44.6. The molecule has 0 spiro atoms. The number of anilines is 2. The van der Waals surface area contributed by atoms with Crippen LogP contribution in [-0.4, -0.2) is 47.1 Å². The Kier molecular flexibility index (Phi) is 6.43. The summed E-state index contributed by atoms with van der Waals surface area (Å²) in [5, 5.41) is 3.12. The Morgan fingerprint density at radius 3 is 2.72 bits per heavy atom. The van der Waals surface area contributed by atoms with Gasteiger partial charge in [-0.1, -0.05) is 0 Å². The number of morpholine rings is 1. The second-order valence-corrected chi connectivity index (χ2v) is 8.30. The Labute approximate surface area is 188 Å². The van der Waals surface area contributed by atoms with Crippen LogP contribution in [0.3, 0.4) is 0 Å². The average Bonchev–Trinajstić information content (AvgIpc) is 2.76. The van der Waals surface area contributed by atoms with Gasteiger partial charge in [0.1, 0.15) is 5.82 Å². The number of hydrogen-bond acceptors (Lipinski definition) is 6. The van der Waals surface area contributed by atoms with Gasteiger partial charge in [-0.05, 0) is 54.6 Å². The molecule has 1 aromatic carbocycles. The first-order valence-corrected chi connectivity index (χ1v) is 10.7. The molecule has 1 fully saturated rings. The van der Waals surface area contributed by atoms with E-state index in [1.807, 2.05) is 4.90 Å². The van der Waals surface area contributed by atoms with Gasteiger partial charge in [-0.3, -0.25) is 4.79 Å². The van der Waals surface area contributed by atoms with Crippen molar-refractivity contribution in [2.45, 2.75) is 32.0 Å². The van der Waals surface area contributed by atoms with Crippen LogP contribution in [0.1, 0.15) is 28.8 Å². The number of hydrogen-bond donors (Lipinski definition) is 2. The summed E-state index contributed by atoms with van der Waals surface area (Å²) in [6.07, 6.45) is -2.83. The number of nitrogens with two attached hydrogens (primary N) is 1. The van der Waals surface area contributed by atoms with Gasteiger partial charge < -0.3 is 20.7 Å². The fourth-order valence-electron chi connectivity index (χ4n) is 4.15. The van der Waals surface area contributed by atoms with Gasteiger partial charge in [0.25, 0.3) is 0 Å². The van der Waals surface area contributed by atoms with Crippen molar-refractivity contribution in [2.24, 2.45) is 5.92 Å². The largest absolute Gasteiger partial charge is 0.416 e. The van der Waals surface area contributed by atoms with Gasteiger partial charge in [-0.2, -0.15) is 13.2 Å². The van der Waals surface area contributed by atoms with Crippen molar-refractivity contribution >= 4 is 29.0 Å². The van der Waals surface area contributed by atoms with Gasteiger partial charge in [-0.15, -0.1) is 0 Å². The summed E-state index contributed by atoms with van der Waals surface area (Å²) >= 11 is 6.07. The van der Waals surface area contributed by atoms with Crippen LogP contribution in [0.15, 0.2) is 18.2 Å². The number of carbonyl (C=O) groups is 1. The molecule has 1 aliphatic carbocycles. The molecule has 0 saturated carbocycles. The molecule has 1 amide bonds. The molecular weight excluding hydrogens is 447 g/mol. The first kappa shape index (κ1) is 22.6. The topological polar surface area (TPSA) is 93.4 Å². The summed E-state index contributed by atoms with van der Waals surface area (Å²) in [5.41, 5.74) is 6.75. The molecule has 11 heteroatoms.